The second kappa shape index (κ2) is 8.35. The zero-order chi connectivity index (χ0) is 22.5. The number of allylic oxidation sites excluding steroid dienone is 3. The van der Waals surface area contributed by atoms with Crippen molar-refractivity contribution in [3.63, 3.8) is 0 Å². The number of nitriles is 1. The fourth-order valence-corrected chi connectivity index (χ4v) is 7.70. The van der Waals surface area contributed by atoms with Crippen molar-refractivity contribution in [2.45, 2.75) is 56.0 Å². The Morgan fingerprint density at radius 2 is 2.13 bits per heavy atom. The van der Waals surface area contributed by atoms with Crippen LogP contribution in [-0.4, -0.2) is 21.2 Å². The van der Waals surface area contributed by atoms with E-state index in [1.165, 1.54) is 22.7 Å². The fraction of sp³-hybridized carbons (Fsp3) is 0.429. The molecule has 4 rings (SSSR count). The van der Waals surface area contributed by atoms with Gasteiger partial charge in [-0.2, -0.15) is 5.26 Å². The van der Waals surface area contributed by atoms with Gasteiger partial charge in [0, 0.05) is 37.7 Å². The largest absolute Gasteiger partial charge is 0.384 e. The Hall–Kier alpha value is -1.67. The predicted molar refractivity (Wildman–Crippen MR) is 130 cm³/mol. The Balaban J connectivity index is 1.92. The monoisotopic (exact) mass is 535 g/mol. The summed E-state index contributed by atoms with van der Waals surface area (Å²) in [7, 11) is 0. The number of carbonyl (C=O) groups is 1. The molecule has 0 bridgehead atoms. The molecule has 0 saturated carbocycles. The number of hydrogen-bond acceptors (Lipinski definition) is 9. The molecule has 6 nitrogen and oxygen atoms in total. The normalized spacial score (nSPS) is 21.0. The maximum Gasteiger partial charge on any atom is 0.219 e. The standard InChI is InChI=1S/C21H22BrN5OS3/c1-10(2)30-20-26-25-19(31-20)27-13-6-21(3,4)7-14(28)17(13)16(12(8-23)18(27)24)15-5-11(22)9-29-15/h5,9-10,16H,6-7,24H2,1-4H3/t16-/m0/s1. The molecular weight excluding hydrogens is 514 g/mol. The molecule has 0 amide bonds. The lowest BCUT2D eigenvalue weighted by Crippen LogP contribution is -2.42. The van der Waals surface area contributed by atoms with Crippen LogP contribution in [0.2, 0.25) is 0 Å². The molecule has 1 atom stereocenters. The number of halogens is 1. The summed E-state index contributed by atoms with van der Waals surface area (Å²) >= 11 is 8.08. The maximum absolute atomic E-state index is 13.4. The van der Waals surface area contributed by atoms with E-state index < -0.39 is 5.92 Å². The third-order valence-corrected chi connectivity index (χ3v) is 8.93. The second-order valence-electron chi connectivity index (χ2n) is 8.66. The number of nitrogens with two attached hydrogens (primary N) is 1. The minimum Gasteiger partial charge on any atom is -0.384 e. The van der Waals surface area contributed by atoms with E-state index in [1.54, 1.807) is 16.7 Å². The topological polar surface area (TPSA) is 95.9 Å². The molecule has 31 heavy (non-hydrogen) atoms. The number of hydrogen-bond donors (Lipinski definition) is 1. The Bertz CT molecular complexity index is 1150. The molecule has 2 aliphatic rings. The van der Waals surface area contributed by atoms with Gasteiger partial charge in [0.15, 0.2) is 10.1 Å². The summed E-state index contributed by atoms with van der Waals surface area (Å²) < 4.78 is 1.76. The lowest BCUT2D eigenvalue weighted by molar-refractivity contribution is -0.118. The number of anilines is 1. The van der Waals surface area contributed by atoms with Gasteiger partial charge in [0.05, 0.1) is 17.6 Å². The number of rotatable bonds is 4. The Labute approximate surface area is 202 Å². The minimum absolute atomic E-state index is 0.0623. The molecular formula is C21H22BrN5OS3. The van der Waals surface area contributed by atoms with Crippen LogP contribution in [0.15, 0.2) is 42.9 Å². The summed E-state index contributed by atoms with van der Waals surface area (Å²) in [5, 5.41) is 21.7. The highest BCUT2D eigenvalue weighted by Gasteiger charge is 2.45. The van der Waals surface area contributed by atoms with Gasteiger partial charge in [-0.15, -0.1) is 21.5 Å². The number of thioether (sulfide) groups is 1. The molecule has 2 aromatic heterocycles. The van der Waals surface area contributed by atoms with E-state index in [0.717, 1.165) is 19.4 Å². The lowest BCUT2D eigenvalue weighted by Gasteiger charge is -2.42. The highest BCUT2D eigenvalue weighted by molar-refractivity contribution is 9.10. The van der Waals surface area contributed by atoms with Crippen LogP contribution in [0.5, 0.6) is 0 Å². The third-order valence-electron chi connectivity index (χ3n) is 5.18. The van der Waals surface area contributed by atoms with Gasteiger partial charge < -0.3 is 5.73 Å². The first-order chi connectivity index (χ1) is 14.6. The van der Waals surface area contributed by atoms with Crippen molar-refractivity contribution < 1.29 is 4.79 Å². The van der Waals surface area contributed by atoms with Crippen LogP contribution >= 0.6 is 50.4 Å². The summed E-state index contributed by atoms with van der Waals surface area (Å²) in [6.45, 7) is 8.37. The maximum atomic E-state index is 13.4. The molecule has 0 unspecified atom stereocenters. The summed E-state index contributed by atoms with van der Waals surface area (Å²) in [4.78, 5) is 16.2. The van der Waals surface area contributed by atoms with Gasteiger partial charge in [-0.05, 0) is 33.8 Å². The highest BCUT2D eigenvalue weighted by Crippen LogP contribution is 2.51. The summed E-state index contributed by atoms with van der Waals surface area (Å²) in [6.07, 6.45) is 1.11. The molecule has 0 spiro atoms. The van der Waals surface area contributed by atoms with Gasteiger partial charge in [-0.3, -0.25) is 9.69 Å². The Kier molecular flexibility index (Phi) is 6.07. The van der Waals surface area contributed by atoms with E-state index in [9.17, 15) is 10.1 Å². The van der Waals surface area contributed by atoms with Gasteiger partial charge in [0.2, 0.25) is 5.13 Å². The summed E-state index contributed by atoms with van der Waals surface area (Å²) in [5.41, 5.74) is 8.29. The van der Waals surface area contributed by atoms with E-state index in [0.29, 0.717) is 40.2 Å². The number of aromatic nitrogens is 2. The molecule has 1 aliphatic carbocycles. The number of ketones is 1. The van der Waals surface area contributed by atoms with Gasteiger partial charge in [0.1, 0.15) is 5.82 Å². The Morgan fingerprint density at radius 3 is 2.74 bits per heavy atom. The van der Waals surface area contributed by atoms with E-state index in [1.807, 2.05) is 11.4 Å². The third kappa shape index (κ3) is 4.21. The first kappa shape index (κ1) is 22.5. The fourth-order valence-electron chi connectivity index (χ4n) is 4.03. The highest BCUT2D eigenvalue weighted by atomic mass is 79.9. The number of carbonyl (C=O) groups excluding carboxylic acids is 1. The second-order valence-corrected chi connectivity index (χ2v) is 13.3. The first-order valence-electron chi connectivity index (χ1n) is 9.81. The van der Waals surface area contributed by atoms with Crippen LogP contribution in [0.4, 0.5) is 5.13 Å². The Morgan fingerprint density at radius 1 is 1.39 bits per heavy atom. The van der Waals surface area contributed by atoms with Crippen LogP contribution in [-0.2, 0) is 4.79 Å². The molecule has 0 aromatic carbocycles. The summed E-state index contributed by atoms with van der Waals surface area (Å²) in [5.74, 6) is -0.0561. The number of Topliss-reactive ketones (excluding diaryl/α,β-unsaturated/α-hetero) is 1. The van der Waals surface area contributed by atoms with E-state index in [2.05, 4.69) is 59.9 Å². The quantitative estimate of drug-likeness (QED) is 0.493. The molecule has 1 aliphatic heterocycles. The van der Waals surface area contributed by atoms with Gasteiger partial charge in [0.25, 0.3) is 0 Å². The molecule has 2 N–H and O–H groups in total. The van der Waals surface area contributed by atoms with Gasteiger partial charge >= 0.3 is 0 Å². The smallest absolute Gasteiger partial charge is 0.219 e. The zero-order valence-corrected chi connectivity index (χ0v) is 21.6. The zero-order valence-electron chi connectivity index (χ0n) is 17.6. The average molecular weight is 537 g/mol. The van der Waals surface area contributed by atoms with Crippen LogP contribution in [0.25, 0.3) is 0 Å². The SMILES string of the molecule is CC(C)Sc1nnc(N2C(N)=C(C#N)[C@@H](c3cc(Br)cs3)C3=C2CC(C)(C)CC3=O)s1. The minimum atomic E-state index is -0.450. The van der Waals surface area contributed by atoms with E-state index >= 15 is 0 Å². The van der Waals surface area contributed by atoms with Crippen LogP contribution < -0.4 is 10.6 Å². The van der Waals surface area contributed by atoms with Crippen LogP contribution in [0.1, 0.15) is 51.3 Å². The van der Waals surface area contributed by atoms with Crippen molar-refractivity contribution in [2.75, 3.05) is 4.90 Å². The molecule has 162 valence electrons. The lowest BCUT2D eigenvalue weighted by atomic mass is 9.70. The average Bonchev–Trinajstić information content (AvgIpc) is 3.28. The van der Waals surface area contributed by atoms with Crippen molar-refractivity contribution in [1.29, 1.82) is 5.26 Å². The van der Waals surface area contributed by atoms with Crippen molar-refractivity contribution in [3.05, 3.63) is 43.5 Å². The van der Waals surface area contributed by atoms with Crippen molar-refractivity contribution in [2.24, 2.45) is 11.1 Å². The molecule has 0 radical (unpaired) electrons. The summed E-state index contributed by atoms with van der Waals surface area (Å²) in [6, 6.07) is 4.26. The predicted octanol–water partition coefficient (Wildman–Crippen LogP) is 5.80. The molecule has 10 heteroatoms. The van der Waals surface area contributed by atoms with Crippen molar-refractivity contribution >= 4 is 61.3 Å². The van der Waals surface area contributed by atoms with Gasteiger partial charge in [-0.25, -0.2) is 0 Å². The number of nitrogens with zero attached hydrogens (tertiary/aromatic N) is 4. The molecule has 0 saturated heterocycles. The van der Waals surface area contributed by atoms with Crippen molar-refractivity contribution in [1.82, 2.24) is 10.2 Å². The molecule has 2 aromatic rings. The number of thiophene rings is 1. The van der Waals surface area contributed by atoms with Crippen LogP contribution in [0.3, 0.4) is 0 Å². The molecule has 0 fully saturated rings. The van der Waals surface area contributed by atoms with Gasteiger partial charge in [-0.1, -0.05) is 50.8 Å². The van der Waals surface area contributed by atoms with Crippen molar-refractivity contribution in [3.8, 4) is 6.07 Å². The van der Waals surface area contributed by atoms with Crippen LogP contribution in [0, 0.1) is 16.7 Å². The van der Waals surface area contributed by atoms with E-state index in [4.69, 9.17) is 5.73 Å². The van der Waals surface area contributed by atoms with E-state index in [-0.39, 0.29) is 11.2 Å². The first-order valence-corrected chi connectivity index (χ1v) is 13.2. The molecule has 3 heterocycles.